The molecule has 0 saturated carbocycles. The van der Waals surface area contributed by atoms with Crippen molar-refractivity contribution in [2.45, 2.75) is 6.42 Å². The molecule has 34 heavy (non-hydrogen) atoms. The molecule has 3 aromatic carbocycles. The average molecular weight is 495 g/mol. The Balaban J connectivity index is 1.64. The van der Waals surface area contributed by atoms with Crippen LogP contribution in [0.3, 0.4) is 0 Å². The van der Waals surface area contributed by atoms with Crippen LogP contribution in [0.4, 0.5) is 0 Å². The van der Waals surface area contributed by atoms with E-state index in [0.29, 0.717) is 33.2 Å². The molecule has 1 aromatic heterocycles. The first-order chi connectivity index (χ1) is 16.3. The number of nitrogens with zero attached hydrogens (tertiary/aromatic N) is 2. The van der Waals surface area contributed by atoms with E-state index in [1.54, 1.807) is 18.2 Å². The monoisotopic (exact) mass is 494 g/mol. The number of nitrogens with two attached hydrogens (primary N) is 1. The summed E-state index contributed by atoms with van der Waals surface area (Å²) in [5.74, 6) is -0.522. The number of fused-ring (bicyclic) bond motifs is 3. The van der Waals surface area contributed by atoms with Gasteiger partial charge in [-0.2, -0.15) is 0 Å². The lowest BCUT2D eigenvalue weighted by atomic mass is 9.98. The van der Waals surface area contributed by atoms with Crippen LogP contribution < -0.4 is 5.73 Å². The van der Waals surface area contributed by atoms with Crippen molar-refractivity contribution in [3.05, 3.63) is 69.7 Å². The van der Waals surface area contributed by atoms with Crippen molar-refractivity contribution in [1.29, 1.82) is 0 Å². The molecule has 2 amide bonds. The van der Waals surface area contributed by atoms with Gasteiger partial charge in [0.05, 0.1) is 21.1 Å². The largest absolute Gasteiger partial charge is 0.366 e. The summed E-state index contributed by atoms with van der Waals surface area (Å²) in [5.41, 5.74) is 9.80. The van der Waals surface area contributed by atoms with E-state index in [2.05, 4.69) is 16.9 Å². The van der Waals surface area contributed by atoms with Crippen LogP contribution in [-0.4, -0.2) is 59.8 Å². The van der Waals surface area contributed by atoms with Gasteiger partial charge >= 0.3 is 0 Å². The molecule has 0 unspecified atom stereocenters. The molecule has 0 spiro atoms. The van der Waals surface area contributed by atoms with Gasteiger partial charge in [-0.25, -0.2) is 0 Å². The smallest absolute Gasteiger partial charge is 0.253 e. The minimum Gasteiger partial charge on any atom is -0.366 e. The summed E-state index contributed by atoms with van der Waals surface area (Å²) in [7, 11) is 2.08. The Morgan fingerprint density at radius 1 is 0.882 bits per heavy atom. The van der Waals surface area contributed by atoms with Crippen LogP contribution in [0.2, 0.25) is 10.0 Å². The minimum absolute atomic E-state index is 0.0160. The first kappa shape index (κ1) is 22.7. The van der Waals surface area contributed by atoms with Crippen LogP contribution in [-0.2, 0) is 0 Å². The number of H-pyrrole nitrogens is 1. The minimum atomic E-state index is -0.538. The third kappa shape index (κ3) is 4.13. The Morgan fingerprint density at radius 3 is 2.47 bits per heavy atom. The maximum Gasteiger partial charge on any atom is 0.253 e. The normalized spacial score (nSPS) is 15.1. The standard InChI is InChI=1S/C26H24Cl2N4O2/c1-31-7-2-8-32(10-9-31)26(34)16-4-6-23-18(11-16)19-12-17(13-20(25(29)33)24(19)30-23)15-3-5-21(27)22(28)14-15/h3-6,11-14,30H,2,7-10H2,1H3,(H2,29,33). The van der Waals surface area contributed by atoms with Gasteiger partial charge in [0.2, 0.25) is 0 Å². The molecule has 0 aliphatic carbocycles. The van der Waals surface area contributed by atoms with Crippen LogP contribution in [0.5, 0.6) is 0 Å². The van der Waals surface area contributed by atoms with Crippen molar-refractivity contribution in [2.75, 3.05) is 33.2 Å². The van der Waals surface area contributed by atoms with Gasteiger partial charge in [0.1, 0.15) is 0 Å². The molecule has 0 atom stereocenters. The number of amides is 2. The third-order valence-corrected chi connectivity index (χ3v) is 7.22. The van der Waals surface area contributed by atoms with Crippen molar-refractivity contribution >= 4 is 56.8 Å². The predicted molar refractivity (Wildman–Crippen MR) is 138 cm³/mol. The van der Waals surface area contributed by atoms with Crippen molar-refractivity contribution in [1.82, 2.24) is 14.8 Å². The lowest BCUT2D eigenvalue weighted by Gasteiger charge is -2.20. The third-order valence-electron chi connectivity index (χ3n) is 6.48. The van der Waals surface area contributed by atoms with Crippen LogP contribution in [0, 0.1) is 0 Å². The molecule has 1 saturated heterocycles. The molecule has 2 heterocycles. The van der Waals surface area contributed by atoms with Gasteiger partial charge in [0, 0.05) is 41.5 Å². The topological polar surface area (TPSA) is 82.4 Å². The predicted octanol–water partition coefficient (Wildman–Crippen LogP) is 5.17. The van der Waals surface area contributed by atoms with Crippen molar-refractivity contribution in [3.8, 4) is 11.1 Å². The number of nitrogens with one attached hydrogen (secondary N) is 1. The Labute approximate surface area is 207 Å². The maximum absolute atomic E-state index is 13.3. The molecule has 6 nitrogen and oxygen atoms in total. The number of aromatic nitrogens is 1. The molecule has 4 aromatic rings. The first-order valence-electron chi connectivity index (χ1n) is 11.1. The number of carbonyl (C=O) groups is 2. The Hall–Kier alpha value is -3.06. The van der Waals surface area contributed by atoms with E-state index >= 15 is 0 Å². The number of aromatic amines is 1. The number of carbonyl (C=O) groups excluding carboxylic acids is 2. The SMILES string of the molecule is CN1CCCN(C(=O)c2ccc3[nH]c4c(C(N)=O)cc(-c5ccc(Cl)c(Cl)c5)cc4c3c2)CC1. The van der Waals surface area contributed by atoms with E-state index < -0.39 is 5.91 Å². The van der Waals surface area contributed by atoms with Gasteiger partial charge in [-0.05, 0) is 73.6 Å². The highest BCUT2D eigenvalue weighted by molar-refractivity contribution is 6.42. The zero-order chi connectivity index (χ0) is 24.0. The molecule has 0 bridgehead atoms. The molecule has 8 heteroatoms. The summed E-state index contributed by atoms with van der Waals surface area (Å²) in [6, 6.07) is 14.7. The van der Waals surface area contributed by atoms with E-state index in [9.17, 15) is 9.59 Å². The highest BCUT2D eigenvalue weighted by Gasteiger charge is 2.21. The summed E-state index contributed by atoms with van der Waals surface area (Å²) in [6.07, 6.45) is 0.951. The quantitative estimate of drug-likeness (QED) is 0.412. The number of primary amides is 1. The van der Waals surface area contributed by atoms with Crippen molar-refractivity contribution in [3.63, 3.8) is 0 Å². The highest BCUT2D eigenvalue weighted by atomic mass is 35.5. The second-order valence-corrected chi connectivity index (χ2v) is 9.59. The lowest BCUT2D eigenvalue weighted by Crippen LogP contribution is -2.34. The molecule has 1 fully saturated rings. The highest BCUT2D eigenvalue weighted by Crippen LogP contribution is 2.35. The van der Waals surface area contributed by atoms with Gasteiger partial charge in [0.25, 0.3) is 11.8 Å². The second-order valence-electron chi connectivity index (χ2n) is 8.77. The Morgan fingerprint density at radius 2 is 1.71 bits per heavy atom. The number of likely N-dealkylation sites (N-methyl/N-ethyl adjacent to an activating group) is 1. The fraction of sp³-hybridized carbons (Fsp3) is 0.231. The van der Waals surface area contributed by atoms with Gasteiger partial charge in [-0.1, -0.05) is 29.3 Å². The van der Waals surface area contributed by atoms with E-state index in [4.69, 9.17) is 28.9 Å². The molecule has 1 aliphatic heterocycles. The summed E-state index contributed by atoms with van der Waals surface area (Å²) >= 11 is 12.3. The van der Waals surface area contributed by atoms with Gasteiger partial charge in [-0.3, -0.25) is 9.59 Å². The van der Waals surface area contributed by atoms with Crippen LogP contribution >= 0.6 is 23.2 Å². The van der Waals surface area contributed by atoms with Crippen molar-refractivity contribution in [2.24, 2.45) is 5.73 Å². The number of benzene rings is 3. The molecular weight excluding hydrogens is 471 g/mol. The molecule has 5 rings (SSSR count). The second kappa shape index (κ2) is 8.95. The summed E-state index contributed by atoms with van der Waals surface area (Å²) < 4.78 is 0. The molecule has 0 radical (unpaired) electrons. The summed E-state index contributed by atoms with van der Waals surface area (Å²) in [5, 5.41) is 2.56. The fourth-order valence-corrected chi connectivity index (χ4v) is 4.90. The molecule has 174 valence electrons. The van der Waals surface area contributed by atoms with Crippen LogP contribution in [0.1, 0.15) is 27.1 Å². The Bertz CT molecular complexity index is 1450. The summed E-state index contributed by atoms with van der Waals surface area (Å²) in [4.78, 5) is 33.1. The number of hydrogen-bond acceptors (Lipinski definition) is 3. The fourth-order valence-electron chi connectivity index (χ4n) is 4.60. The molecule has 3 N–H and O–H groups in total. The van der Waals surface area contributed by atoms with Crippen molar-refractivity contribution < 1.29 is 9.59 Å². The van der Waals surface area contributed by atoms with Crippen LogP contribution in [0.25, 0.3) is 32.9 Å². The lowest BCUT2D eigenvalue weighted by molar-refractivity contribution is 0.0762. The average Bonchev–Trinajstić information content (AvgIpc) is 3.05. The van der Waals surface area contributed by atoms with E-state index in [-0.39, 0.29) is 5.91 Å². The maximum atomic E-state index is 13.3. The first-order valence-corrected chi connectivity index (χ1v) is 11.9. The Kier molecular flexibility index (Phi) is 5.98. The summed E-state index contributed by atoms with van der Waals surface area (Å²) in [6.45, 7) is 3.28. The zero-order valence-corrected chi connectivity index (χ0v) is 20.2. The number of halogens is 2. The van der Waals surface area contributed by atoms with E-state index in [1.165, 1.54) is 0 Å². The van der Waals surface area contributed by atoms with Gasteiger partial charge in [-0.15, -0.1) is 0 Å². The van der Waals surface area contributed by atoms with Gasteiger partial charge < -0.3 is 20.5 Å². The van der Waals surface area contributed by atoms with E-state index in [1.807, 2.05) is 35.2 Å². The number of rotatable bonds is 3. The molecular formula is C26H24Cl2N4O2. The van der Waals surface area contributed by atoms with Crippen LogP contribution in [0.15, 0.2) is 48.5 Å². The molecule has 1 aliphatic rings. The zero-order valence-electron chi connectivity index (χ0n) is 18.7. The number of hydrogen-bond donors (Lipinski definition) is 2. The van der Waals surface area contributed by atoms with Gasteiger partial charge in [0.15, 0.2) is 0 Å². The van der Waals surface area contributed by atoms with E-state index in [0.717, 1.165) is 53.5 Å².